The third-order valence-corrected chi connectivity index (χ3v) is 10.4. The van der Waals surface area contributed by atoms with Gasteiger partial charge in [-0.2, -0.15) is 0 Å². The Hall–Kier alpha value is -4.25. The quantitative estimate of drug-likeness (QED) is 0.261. The highest BCUT2D eigenvalue weighted by atomic mass is 35.5. The second kappa shape index (κ2) is 10.5. The lowest BCUT2D eigenvalue weighted by molar-refractivity contribution is -0.122. The van der Waals surface area contributed by atoms with Crippen molar-refractivity contribution in [3.63, 3.8) is 0 Å². The zero-order chi connectivity index (χ0) is 29.0. The van der Waals surface area contributed by atoms with E-state index in [1.54, 1.807) is 42.7 Å². The van der Waals surface area contributed by atoms with Crippen molar-refractivity contribution in [1.29, 1.82) is 0 Å². The van der Waals surface area contributed by atoms with Gasteiger partial charge in [0.25, 0.3) is 0 Å². The molecule has 1 fully saturated rings. The highest BCUT2D eigenvalue weighted by molar-refractivity contribution is 8.00. The first-order valence-corrected chi connectivity index (χ1v) is 15.2. The predicted octanol–water partition coefficient (Wildman–Crippen LogP) is 5.55. The molecule has 2 unspecified atom stereocenters. The van der Waals surface area contributed by atoms with Gasteiger partial charge >= 0.3 is 4.87 Å². The first-order valence-electron chi connectivity index (χ1n) is 13.1. The van der Waals surface area contributed by atoms with Gasteiger partial charge in [-0.3, -0.25) is 28.7 Å². The smallest absolute Gasteiger partial charge is 0.308 e. The fourth-order valence-corrected chi connectivity index (χ4v) is 8.53. The van der Waals surface area contributed by atoms with Crippen LogP contribution in [0.3, 0.4) is 0 Å². The molecule has 0 aliphatic carbocycles. The summed E-state index contributed by atoms with van der Waals surface area (Å²) in [5.74, 6) is -2.40. The van der Waals surface area contributed by atoms with Gasteiger partial charge in [-0.1, -0.05) is 71.1 Å². The van der Waals surface area contributed by atoms with Gasteiger partial charge in [-0.15, -0.1) is 0 Å². The first kappa shape index (κ1) is 26.6. The maximum absolute atomic E-state index is 13.9. The Bertz CT molecular complexity index is 1940. The van der Waals surface area contributed by atoms with Crippen LogP contribution in [-0.4, -0.2) is 32.5 Å². The average molecular weight is 613 g/mol. The molecule has 0 spiro atoms. The second-order valence-corrected chi connectivity index (χ2v) is 12.6. The normalized spacial score (nSPS) is 19.5. The molecular formula is C31H21ClN4O4S2. The third-order valence-electron chi connectivity index (χ3n) is 7.51. The van der Waals surface area contributed by atoms with Crippen LogP contribution in [0.25, 0.3) is 10.8 Å². The molecule has 7 rings (SSSR count). The number of halogens is 1. The molecule has 208 valence electrons. The minimum Gasteiger partial charge on any atom is -0.325 e. The largest absolute Gasteiger partial charge is 0.325 e. The number of fused-ring (bicyclic) bond motifs is 3. The van der Waals surface area contributed by atoms with Crippen LogP contribution in [-0.2, 0) is 20.9 Å². The van der Waals surface area contributed by atoms with Crippen LogP contribution in [0, 0.1) is 5.92 Å². The second-order valence-electron chi connectivity index (χ2n) is 10.1. The summed E-state index contributed by atoms with van der Waals surface area (Å²) in [4.78, 5) is 60.0. The maximum atomic E-state index is 13.9. The number of pyridine rings is 1. The molecule has 2 aliphatic heterocycles. The molecule has 2 aromatic heterocycles. The number of thiazole rings is 1. The molecule has 42 heavy (non-hydrogen) atoms. The number of benzene rings is 3. The fourth-order valence-electron chi connectivity index (χ4n) is 5.63. The van der Waals surface area contributed by atoms with E-state index in [2.05, 4.69) is 10.3 Å². The summed E-state index contributed by atoms with van der Waals surface area (Å²) in [6.45, 7) is -0.231. The van der Waals surface area contributed by atoms with Gasteiger partial charge in [0.2, 0.25) is 17.7 Å². The van der Waals surface area contributed by atoms with Crippen molar-refractivity contribution in [2.75, 3.05) is 10.2 Å². The average Bonchev–Trinajstić information content (AvgIpc) is 3.44. The summed E-state index contributed by atoms with van der Waals surface area (Å²) in [5, 5.41) is 5.15. The summed E-state index contributed by atoms with van der Waals surface area (Å²) >= 11 is 8.22. The van der Waals surface area contributed by atoms with Crippen LogP contribution in [0.15, 0.2) is 101 Å². The van der Waals surface area contributed by atoms with E-state index < -0.39 is 17.1 Å². The Labute approximate surface area is 252 Å². The number of rotatable bonds is 5. The summed E-state index contributed by atoms with van der Waals surface area (Å²) in [7, 11) is 0. The Morgan fingerprint density at radius 1 is 0.929 bits per heavy atom. The van der Waals surface area contributed by atoms with Gasteiger partial charge in [-0.05, 0) is 58.8 Å². The highest BCUT2D eigenvalue weighted by Crippen LogP contribution is 2.53. The molecule has 1 saturated heterocycles. The van der Waals surface area contributed by atoms with E-state index >= 15 is 0 Å². The van der Waals surface area contributed by atoms with Crippen molar-refractivity contribution >= 4 is 74.6 Å². The molecule has 0 saturated carbocycles. The zero-order valence-electron chi connectivity index (χ0n) is 21.8. The van der Waals surface area contributed by atoms with E-state index in [4.69, 9.17) is 11.6 Å². The van der Waals surface area contributed by atoms with Crippen molar-refractivity contribution in [2.24, 2.45) is 5.92 Å². The molecular weight excluding hydrogens is 592 g/mol. The zero-order valence-corrected chi connectivity index (χ0v) is 24.2. The molecule has 4 heterocycles. The summed E-state index contributed by atoms with van der Waals surface area (Å²) in [6, 6.07) is 23.6. The monoisotopic (exact) mass is 612 g/mol. The van der Waals surface area contributed by atoms with E-state index in [1.165, 1.54) is 21.2 Å². The number of carbonyl (C=O) groups is 3. The Morgan fingerprint density at radius 3 is 2.48 bits per heavy atom. The van der Waals surface area contributed by atoms with Crippen LogP contribution in [0.1, 0.15) is 16.4 Å². The van der Waals surface area contributed by atoms with Crippen LogP contribution >= 0.6 is 34.7 Å². The molecule has 0 bridgehead atoms. The van der Waals surface area contributed by atoms with E-state index in [-0.39, 0.29) is 29.1 Å². The number of imide groups is 1. The molecule has 3 atom stereocenters. The van der Waals surface area contributed by atoms with Crippen LogP contribution in [0.5, 0.6) is 0 Å². The minimum absolute atomic E-state index is 0.231. The summed E-state index contributed by atoms with van der Waals surface area (Å²) < 4.78 is 1.41. The van der Waals surface area contributed by atoms with Gasteiger partial charge in [-0.25, -0.2) is 4.90 Å². The number of nitrogens with one attached hydrogen (secondary N) is 1. The molecule has 8 nitrogen and oxygen atoms in total. The Morgan fingerprint density at radius 2 is 1.71 bits per heavy atom. The van der Waals surface area contributed by atoms with Crippen molar-refractivity contribution in [3.05, 3.63) is 116 Å². The Kier molecular flexibility index (Phi) is 6.69. The number of thioether (sulfide) groups is 1. The summed E-state index contributed by atoms with van der Waals surface area (Å²) in [5.41, 5.74) is 1.78. The van der Waals surface area contributed by atoms with Gasteiger partial charge in [0.15, 0.2) is 0 Å². The van der Waals surface area contributed by atoms with E-state index in [0.717, 1.165) is 27.7 Å². The van der Waals surface area contributed by atoms with Crippen LogP contribution < -0.4 is 15.1 Å². The van der Waals surface area contributed by atoms with Crippen LogP contribution in [0.2, 0.25) is 5.02 Å². The molecule has 5 aromatic rings. The van der Waals surface area contributed by atoms with E-state index in [9.17, 15) is 19.2 Å². The standard InChI is InChI=1S/C31H21ClN4O4S2/c32-20-8-11-22(12-9-20)36-28(38)25-24(19-6-3-13-33-15-19)27-30(41-26(25)29(36)39)35(31(40)42-27)16-23(37)34-21-10-7-17-4-1-2-5-18(17)14-21/h1-15,24-26H,16H2,(H,34,37)/t24-,25?,26?/m1/s1. The van der Waals surface area contributed by atoms with Crippen molar-refractivity contribution in [3.8, 4) is 0 Å². The third kappa shape index (κ3) is 4.52. The molecule has 11 heteroatoms. The lowest BCUT2D eigenvalue weighted by atomic mass is 9.84. The molecule has 3 amide bonds. The SMILES string of the molecule is O=C(Cn1c2c(sc1=O)[C@H](c1cccnc1)C1C(=O)N(c3ccc(Cl)cc3)C(=O)C1S2)Nc1ccc2ccccc2c1. The Balaban J connectivity index is 1.25. The first-order chi connectivity index (χ1) is 20.4. The molecule has 2 aliphatic rings. The highest BCUT2D eigenvalue weighted by Gasteiger charge is 2.56. The molecule has 3 aromatic carbocycles. The molecule has 0 radical (unpaired) electrons. The van der Waals surface area contributed by atoms with Gasteiger partial charge in [0, 0.05) is 33.9 Å². The number of nitrogens with zero attached hydrogens (tertiary/aromatic N) is 3. The van der Waals surface area contributed by atoms with Gasteiger partial charge in [0.1, 0.15) is 11.8 Å². The van der Waals surface area contributed by atoms with Crippen molar-refractivity contribution < 1.29 is 14.4 Å². The number of hydrogen-bond acceptors (Lipinski definition) is 7. The number of anilines is 2. The van der Waals surface area contributed by atoms with E-state index in [0.29, 0.717) is 26.3 Å². The summed E-state index contributed by atoms with van der Waals surface area (Å²) in [6.07, 6.45) is 3.29. The number of aromatic nitrogens is 2. The van der Waals surface area contributed by atoms with Gasteiger partial charge in [0.05, 0.1) is 16.6 Å². The molecule has 1 N–H and O–H groups in total. The van der Waals surface area contributed by atoms with E-state index in [1.807, 2.05) is 48.5 Å². The van der Waals surface area contributed by atoms with Crippen molar-refractivity contribution in [1.82, 2.24) is 9.55 Å². The number of hydrogen-bond donors (Lipinski definition) is 1. The fraction of sp³-hybridized carbons (Fsp3) is 0.129. The van der Waals surface area contributed by atoms with Crippen molar-refractivity contribution in [2.45, 2.75) is 22.7 Å². The number of carbonyl (C=O) groups excluding carboxylic acids is 3. The number of amides is 3. The maximum Gasteiger partial charge on any atom is 0.308 e. The minimum atomic E-state index is -0.783. The predicted molar refractivity (Wildman–Crippen MR) is 164 cm³/mol. The van der Waals surface area contributed by atoms with Crippen LogP contribution in [0.4, 0.5) is 11.4 Å². The topological polar surface area (TPSA) is 101 Å². The lowest BCUT2D eigenvalue weighted by Crippen LogP contribution is -2.33. The van der Waals surface area contributed by atoms with Gasteiger partial charge < -0.3 is 5.32 Å². The lowest BCUT2D eigenvalue weighted by Gasteiger charge is -2.30.